The van der Waals surface area contributed by atoms with Crippen molar-refractivity contribution in [3.8, 4) is 11.1 Å². The lowest BCUT2D eigenvalue weighted by atomic mass is 9.72. The van der Waals surface area contributed by atoms with Crippen molar-refractivity contribution in [3.05, 3.63) is 95.8 Å². The highest BCUT2D eigenvalue weighted by atomic mass is 19.1. The van der Waals surface area contributed by atoms with Crippen LogP contribution in [0.1, 0.15) is 61.4 Å². The molecule has 1 N–H and O–H groups in total. The molecule has 1 unspecified atom stereocenters. The number of carbonyl (C=O) groups excluding carboxylic acids is 2. The molecule has 3 aromatic rings. The van der Waals surface area contributed by atoms with Gasteiger partial charge >= 0.3 is 5.97 Å². The fraction of sp³-hybridized carbons (Fsp3) is 0.394. The largest absolute Gasteiger partial charge is 0.469 e. The third-order valence-electron chi connectivity index (χ3n) is 8.15. The lowest BCUT2D eigenvalue weighted by Gasteiger charge is -2.35. The van der Waals surface area contributed by atoms with Gasteiger partial charge in [0.25, 0.3) is 5.91 Å². The Bertz CT molecular complexity index is 1220. The lowest BCUT2D eigenvalue weighted by molar-refractivity contribution is -0.142. The van der Waals surface area contributed by atoms with Crippen molar-refractivity contribution in [2.24, 2.45) is 0 Å². The molecule has 0 radical (unpaired) electrons. The fourth-order valence-corrected chi connectivity index (χ4v) is 5.75. The maximum absolute atomic E-state index is 13.4. The number of ether oxygens (including phenoxy) is 1. The van der Waals surface area contributed by atoms with E-state index in [0.717, 1.165) is 62.9 Å². The van der Waals surface area contributed by atoms with E-state index >= 15 is 0 Å². The van der Waals surface area contributed by atoms with Crippen molar-refractivity contribution in [1.82, 2.24) is 10.2 Å². The van der Waals surface area contributed by atoms with Crippen LogP contribution in [0.25, 0.3) is 11.1 Å². The summed E-state index contributed by atoms with van der Waals surface area (Å²) in [6, 6.07) is 24.2. The van der Waals surface area contributed by atoms with Crippen molar-refractivity contribution >= 4 is 11.9 Å². The van der Waals surface area contributed by atoms with Crippen LogP contribution < -0.4 is 5.32 Å². The number of piperidine rings is 1. The Morgan fingerprint density at radius 2 is 1.64 bits per heavy atom. The van der Waals surface area contributed by atoms with Crippen molar-refractivity contribution in [3.63, 3.8) is 0 Å². The molecule has 206 valence electrons. The molecule has 6 heteroatoms. The topological polar surface area (TPSA) is 58.6 Å². The van der Waals surface area contributed by atoms with Crippen LogP contribution in [0.5, 0.6) is 0 Å². The molecule has 1 amide bonds. The highest BCUT2D eigenvalue weighted by Gasteiger charge is 2.33. The number of halogens is 1. The molecule has 0 aliphatic carbocycles. The molecular weight excluding hydrogens is 491 g/mol. The Morgan fingerprint density at radius 3 is 2.31 bits per heavy atom. The number of amides is 1. The van der Waals surface area contributed by atoms with E-state index in [9.17, 15) is 14.0 Å². The fourth-order valence-electron chi connectivity index (χ4n) is 5.75. The van der Waals surface area contributed by atoms with E-state index in [4.69, 9.17) is 4.74 Å². The van der Waals surface area contributed by atoms with Crippen LogP contribution in [0.15, 0.2) is 78.9 Å². The van der Waals surface area contributed by atoms with E-state index < -0.39 is 0 Å². The second-order valence-electron chi connectivity index (χ2n) is 10.5. The normalized spacial score (nSPS) is 15.9. The molecule has 5 nitrogen and oxygen atoms in total. The van der Waals surface area contributed by atoms with Gasteiger partial charge in [-0.2, -0.15) is 0 Å². The highest BCUT2D eigenvalue weighted by Crippen LogP contribution is 2.37. The first-order valence-electron chi connectivity index (χ1n) is 13.9. The average Bonchev–Trinajstić information content (AvgIpc) is 2.98. The van der Waals surface area contributed by atoms with E-state index in [0.29, 0.717) is 12.0 Å². The van der Waals surface area contributed by atoms with Crippen molar-refractivity contribution in [1.29, 1.82) is 0 Å². The maximum Gasteiger partial charge on any atom is 0.306 e. The number of benzene rings is 3. The van der Waals surface area contributed by atoms with Gasteiger partial charge in [0.05, 0.1) is 13.5 Å². The van der Waals surface area contributed by atoms with Gasteiger partial charge in [-0.15, -0.1) is 0 Å². The van der Waals surface area contributed by atoms with Crippen molar-refractivity contribution in [2.75, 3.05) is 26.7 Å². The van der Waals surface area contributed by atoms with E-state index in [-0.39, 0.29) is 29.2 Å². The zero-order chi connectivity index (χ0) is 27.7. The van der Waals surface area contributed by atoms with Gasteiger partial charge in [-0.1, -0.05) is 67.6 Å². The second kappa shape index (κ2) is 13.5. The monoisotopic (exact) mass is 530 g/mol. The highest BCUT2D eigenvalue weighted by molar-refractivity contribution is 6.01. The third kappa shape index (κ3) is 7.33. The molecule has 0 saturated carbocycles. The van der Waals surface area contributed by atoms with Crippen molar-refractivity contribution < 1.29 is 18.7 Å². The lowest BCUT2D eigenvalue weighted by Crippen LogP contribution is -2.45. The molecule has 1 atom stereocenters. The van der Waals surface area contributed by atoms with Crippen LogP contribution in [0.2, 0.25) is 0 Å². The summed E-state index contributed by atoms with van der Waals surface area (Å²) in [5, 5.41) is 3.23. The first-order chi connectivity index (χ1) is 18.9. The van der Waals surface area contributed by atoms with Crippen LogP contribution >= 0.6 is 0 Å². The molecule has 1 saturated heterocycles. The average molecular weight is 531 g/mol. The summed E-state index contributed by atoms with van der Waals surface area (Å²) in [7, 11) is 1.46. The summed E-state index contributed by atoms with van der Waals surface area (Å²) in [5.41, 5.74) is 3.20. The van der Waals surface area contributed by atoms with Gasteiger partial charge in [-0.05, 0) is 73.5 Å². The standard InChI is InChI=1S/C33H39FN2O3/c1-3-33(24-31(37)39-2,26-10-5-4-6-11-26)20-9-21-36-22-18-28(19-23-36)35-32(38)30-13-8-7-12-29(30)25-14-16-27(34)17-15-25/h4-8,10-17,28H,3,9,18-24H2,1-2H3,(H,35,38). The minimum absolute atomic E-state index is 0.0909. The van der Waals surface area contributed by atoms with E-state index in [1.54, 1.807) is 12.1 Å². The van der Waals surface area contributed by atoms with E-state index in [1.165, 1.54) is 24.8 Å². The van der Waals surface area contributed by atoms with Crippen LogP contribution in [-0.2, 0) is 14.9 Å². The summed E-state index contributed by atoms with van der Waals surface area (Å²) >= 11 is 0. The predicted octanol–water partition coefficient (Wildman–Crippen LogP) is 6.38. The number of hydrogen-bond acceptors (Lipinski definition) is 4. The van der Waals surface area contributed by atoms with Gasteiger partial charge in [0, 0.05) is 30.1 Å². The zero-order valence-electron chi connectivity index (χ0n) is 23.0. The number of carbonyl (C=O) groups is 2. The molecular formula is C33H39FN2O3. The van der Waals surface area contributed by atoms with Crippen LogP contribution in [0.4, 0.5) is 4.39 Å². The SMILES string of the molecule is CCC(CCCN1CCC(NC(=O)c2ccccc2-c2ccc(F)cc2)CC1)(CC(=O)OC)c1ccccc1. The Labute approximate surface area is 231 Å². The predicted molar refractivity (Wildman–Crippen MR) is 153 cm³/mol. The summed E-state index contributed by atoms with van der Waals surface area (Å²) in [6.07, 6.45) is 4.95. The first-order valence-corrected chi connectivity index (χ1v) is 13.9. The maximum atomic E-state index is 13.4. The summed E-state index contributed by atoms with van der Waals surface area (Å²) in [6.45, 7) is 4.96. The van der Waals surface area contributed by atoms with Crippen molar-refractivity contribution in [2.45, 2.75) is 56.9 Å². The Kier molecular flexibility index (Phi) is 9.88. The first kappa shape index (κ1) is 28.5. The molecule has 1 fully saturated rings. The number of hydrogen-bond donors (Lipinski definition) is 1. The molecule has 0 spiro atoms. The summed E-state index contributed by atoms with van der Waals surface area (Å²) < 4.78 is 18.4. The van der Waals surface area contributed by atoms with Gasteiger partial charge < -0.3 is 15.0 Å². The van der Waals surface area contributed by atoms with Gasteiger partial charge in [-0.25, -0.2) is 4.39 Å². The molecule has 39 heavy (non-hydrogen) atoms. The van der Waals surface area contributed by atoms with Gasteiger partial charge in [0.1, 0.15) is 5.82 Å². The minimum atomic E-state index is -0.295. The van der Waals surface area contributed by atoms with Gasteiger partial charge in [0.2, 0.25) is 0 Å². The molecule has 1 heterocycles. The molecule has 1 aliphatic rings. The number of rotatable bonds is 11. The molecule has 3 aromatic carbocycles. The van der Waals surface area contributed by atoms with Gasteiger partial charge in [-0.3, -0.25) is 9.59 Å². The Hall–Kier alpha value is -3.51. The van der Waals surface area contributed by atoms with Crippen LogP contribution in [-0.4, -0.2) is 49.6 Å². The van der Waals surface area contributed by atoms with Gasteiger partial charge in [0.15, 0.2) is 0 Å². The number of nitrogens with one attached hydrogen (secondary N) is 1. The molecule has 4 rings (SSSR count). The minimum Gasteiger partial charge on any atom is -0.469 e. The third-order valence-corrected chi connectivity index (χ3v) is 8.15. The smallest absolute Gasteiger partial charge is 0.306 e. The van der Waals surface area contributed by atoms with E-state index in [1.807, 2.05) is 42.5 Å². The molecule has 1 aliphatic heterocycles. The molecule has 0 bridgehead atoms. The van der Waals surface area contributed by atoms with E-state index in [2.05, 4.69) is 29.3 Å². The zero-order valence-corrected chi connectivity index (χ0v) is 23.0. The summed E-state index contributed by atoms with van der Waals surface area (Å²) in [4.78, 5) is 27.9. The Morgan fingerprint density at radius 1 is 0.974 bits per heavy atom. The number of methoxy groups -OCH3 is 1. The number of esters is 1. The second-order valence-corrected chi connectivity index (χ2v) is 10.5. The number of nitrogens with zero attached hydrogens (tertiary/aromatic N) is 1. The Balaban J connectivity index is 1.30. The van der Waals surface area contributed by atoms with Crippen LogP contribution in [0, 0.1) is 5.82 Å². The molecule has 0 aromatic heterocycles. The quantitative estimate of drug-likeness (QED) is 0.292. The van der Waals surface area contributed by atoms with Crippen LogP contribution in [0.3, 0.4) is 0 Å². The summed E-state index contributed by atoms with van der Waals surface area (Å²) in [5.74, 6) is -0.554. The number of likely N-dealkylation sites (tertiary alicyclic amines) is 1.